The minimum atomic E-state index is -0.909. The van der Waals surface area contributed by atoms with Crippen LogP contribution < -0.4 is 4.90 Å². The average molecular weight is 318 g/mol. The van der Waals surface area contributed by atoms with Crippen LogP contribution in [0, 0.1) is 0 Å². The molecule has 0 spiro atoms. The maximum atomic E-state index is 11.4. The highest BCUT2D eigenvalue weighted by Gasteiger charge is 2.25. The van der Waals surface area contributed by atoms with E-state index in [9.17, 15) is 9.90 Å². The summed E-state index contributed by atoms with van der Waals surface area (Å²) in [6.07, 6.45) is 3.81. The number of aromatic nitrogens is 1. The highest BCUT2D eigenvalue weighted by Crippen LogP contribution is 2.40. The van der Waals surface area contributed by atoms with Gasteiger partial charge in [0, 0.05) is 23.8 Å². The van der Waals surface area contributed by atoms with E-state index in [-0.39, 0.29) is 0 Å². The molecular weight excluding hydrogens is 300 g/mol. The van der Waals surface area contributed by atoms with Crippen LogP contribution in [-0.4, -0.2) is 22.6 Å². The molecule has 0 fully saturated rings. The van der Waals surface area contributed by atoms with Crippen molar-refractivity contribution in [2.75, 3.05) is 11.4 Å². The highest BCUT2D eigenvalue weighted by atomic mass is 16.4. The first-order chi connectivity index (χ1) is 11.7. The van der Waals surface area contributed by atoms with Crippen molar-refractivity contribution in [1.82, 2.24) is 4.98 Å². The molecule has 4 rings (SSSR count). The van der Waals surface area contributed by atoms with Crippen LogP contribution in [-0.2, 0) is 12.8 Å². The zero-order valence-electron chi connectivity index (χ0n) is 13.5. The Morgan fingerprint density at radius 2 is 2.08 bits per heavy atom. The van der Waals surface area contributed by atoms with Crippen LogP contribution in [0.5, 0.6) is 0 Å². The van der Waals surface area contributed by atoms with Crippen molar-refractivity contribution < 1.29 is 9.90 Å². The number of nitrogens with zero attached hydrogens (tertiary/aromatic N) is 2. The van der Waals surface area contributed by atoms with Crippen LogP contribution in [0.4, 0.5) is 11.4 Å². The third-order valence-corrected chi connectivity index (χ3v) is 4.70. The van der Waals surface area contributed by atoms with Gasteiger partial charge in [0.25, 0.3) is 0 Å². The number of carbonyl (C=O) groups is 1. The first kappa shape index (κ1) is 14.7. The van der Waals surface area contributed by atoms with E-state index in [4.69, 9.17) is 0 Å². The van der Waals surface area contributed by atoms with Crippen LogP contribution >= 0.6 is 0 Å². The fourth-order valence-corrected chi connectivity index (χ4v) is 3.51. The molecule has 0 bridgehead atoms. The molecule has 3 aromatic rings. The zero-order chi connectivity index (χ0) is 16.7. The molecule has 1 aliphatic rings. The second-order valence-corrected chi connectivity index (χ2v) is 6.05. The van der Waals surface area contributed by atoms with Gasteiger partial charge < -0.3 is 10.0 Å². The summed E-state index contributed by atoms with van der Waals surface area (Å²) in [5, 5.41) is 10.2. The lowest BCUT2D eigenvalue weighted by Crippen LogP contribution is -2.15. The van der Waals surface area contributed by atoms with Gasteiger partial charge >= 0.3 is 5.97 Å². The molecule has 0 saturated heterocycles. The zero-order valence-corrected chi connectivity index (χ0v) is 13.5. The largest absolute Gasteiger partial charge is 0.478 e. The summed E-state index contributed by atoms with van der Waals surface area (Å²) < 4.78 is 0. The minimum absolute atomic E-state index is 0.299. The number of aryl methyl sites for hydroxylation is 1. The number of carboxylic acids is 1. The van der Waals surface area contributed by atoms with Crippen molar-refractivity contribution in [3.63, 3.8) is 0 Å². The maximum Gasteiger partial charge on any atom is 0.335 e. The van der Waals surface area contributed by atoms with E-state index in [1.165, 1.54) is 16.8 Å². The van der Waals surface area contributed by atoms with Gasteiger partial charge in [0.2, 0.25) is 0 Å². The predicted molar refractivity (Wildman–Crippen MR) is 95.2 cm³/mol. The van der Waals surface area contributed by atoms with Gasteiger partial charge in [-0.25, -0.2) is 4.79 Å². The Kier molecular flexibility index (Phi) is 3.45. The van der Waals surface area contributed by atoms with Crippen LogP contribution in [0.15, 0.2) is 48.7 Å². The summed E-state index contributed by atoms with van der Waals surface area (Å²) >= 11 is 0. The summed E-state index contributed by atoms with van der Waals surface area (Å²) in [7, 11) is 0. The van der Waals surface area contributed by atoms with Crippen LogP contribution in [0.2, 0.25) is 0 Å². The van der Waals surface area contributed by atoms with Crippen molar-refractivity contribution in [1.29, 1.82) is 0 Å². The SMILES string of the molecule is CCc1ccccc1N1CCc2cnc3ccc(C(=O)O)cc3c21. The second-order valence-electron chi connectivity index (χ2n) is 6.05. The number of fused-ring (bicyclic) bond motifs is 3. The van der Waals surface area contributed by atoms with E-state index >= 15 is 0 Å². The van der Waals surface area contributed by atoms with Crippen molar-refractivity contribution in [2.24, 2.45) is 0 Å². The molecule has 2 aromatic carbocycles. The summed E-state index contributed by atoms with van der Waals surface area (Å²) in [5.41, 5.74) is 5.91. The fourth-order valence-electron chi connectivity index (χ4n) is 3.51. The van der Waals surface area contributed by atoms with Crippen molar-refractivity contribution in [3.05, 3.63) is 65.4 Å². The Hall–Kier alpha value is -2.88. The van der Waals surface area contributed by atoms with E-state index in [2.05, 4.69) is 41.1 Å². The number of hydrogen-bond acceptors (Lipinski definition) is 3. The van der Waals surface area contributed by atoms with Gasteiger partial charge in [-0.1, -0.05) is 25.1 Å². The minimum Gasteiger partial charge on any atom is -0.478 e. The van der Waals surface area contributed by atoms with Crippen molar-refractivity contribution in [2.45, 2.75) is 19.8 Å². The summed E-state index contributed by atoms with van der Waals surface area (Å²) in [4.78, 5) is 18.2. The Bertz CT molecular complexity index is 950. The molecule has 1 N–H and O–H groups in total. The number of benzene rings is 2. The first-order valence-corrected chi connectivity index (χ1v) is 8.19. The first-order valence-electron chi connectivity index (χ1n) is 8.19. The molecule has 0 saturated carbocycles. The molecule has 0 unspecified atom stereocenters. The monoisotopic (exact) mass is 318 g/mol. The van der Waals surface area contributed by atoms with Crippen LogP contribution in [0.25, 0.3) is 10.9 Å². The predicted octanol–water partition coefficient (Wildman–Crippen LogP) is 4.19. The third kappa shape index (κ3) is 2.22. The van der Waals surface area contributed by atoms with E-state index in [0.717, 1.165) is 36.0 Å². The molecule has 0 amide bonds. The summed E-state index contributed by atoms with van der Waals surface area (Å²) in [6.45, 7) is 3.05. The van der Waals surface area contributed by atoms with Gasteiger partial charge in [-0.3, -0.25) is 4.98 Å². The normalized spacial score (nSPS) is 13.3. The molecule has 4 heteroatoms. The smallest absolute Gasteiger partial charge is 0.335 e. The van der Waals surface area contributed by atoms with E-state index in [1.807, 2.05) is 6.20 Å². The molecule has 24 heavy (non-hydrogen) atoms. The number of anilines is 2. The quantitative estimate of drug-likeness (QED) is 0.787. The molecule has 4 nitrogen and oxygen atoms in total. The molecular formula is C20H18N2O2. The lowest BCUT2D eigenvalue weighted by Gasteiger charge is -2.23. The average Bonchev–Trinajstić information content (AvgIpc) is 3.05. The fraction of sp³-hybridized carbons (Fsp3) is 0.200. The lowest BCUT2D eigenvalue weighted by molar-refractivity contribution is 0.0697. The standard InChI is InChI=1S/C20H18N2O2/c1-2-13-5-3-4-6-18(13)22-10-9-15-12-21-17-8-7-14(20(23)24)11-16(17)19(15)22/h3-8,11-12H,2,9-10H2,1H3,(H,23,24). The second kappa shape index (κ2) is 5.64. The van der Waals surface area contributed by atoms with Gasteiger partial charge in [0.15, 0.2) is 0 Å². The van der Waals surface area contributed by atoms with Gasteiger partial charge in [0.1, 0.15) is 0 Å². The van der Waals surface area contributed by atoms with Gasteiger partial charge in [0.05, 0.1) is 16.8 Å². The molecule has 2 heterocycles. The van der Waals surface area contributed by atoms with Crippen LogP contribution in [0.1, 0.15) is 28.4 Å². The topological polar surface area (TPSA) is 53.4 Å². The summed E-state index contributed by atoms with van der Waals surface area (Å²) in [6, 6.07) is 13.6. The van der Waals surface area contributed by atoms with Crippen LogP contribution in [0.3, 0.4) is 0 Å². The number of pyridine rings is 1. The van der Waals surface area contributed by atoms with E-state index in [0.29, 0.717) is 5.56 Å². The van der Waals surface area contributed by atoms with Gasteiger partial charge in [-0.15, -0.1) is 0 Å². The number of para-hydroxylation sites is 1. The highest BCUT2D eigenvalue weighted by molar-refractivity contribution is 6.01. The van der Waals surface area contributed by atoms with E-state index in [1.54, 1.807) is 18.2 Å². The van der Waals surface area contributed by atoms with Crippen molar-refractivity contribution >= 4 is 28.2 Å². The molecule has 120 valence electrons. The number of aromatic carboxylic acids is 1. The molecule has 0 atom stereocenters. The molecule has 1 aliphatic heterocycles. The molecule has 1 aromatic heterocycles. The van der Waals surface area contributed by atoms with Gasteiger partial charge in [-0.05, 0) is 48.2 Å². The number of hydrogen-bond donors (Lipinski definition) is 1. The number of carboxylic acid groups (broad SMARTS) is 1. The van der Waals surface area contributed by atoms with Crippen molar-refractivity contribution in [3.8, 4) is 0 Å². The summed E-state index contributed by atoms with van der Waals surface area (Å²) in [5.74, 6) is -0.909. The molecule has 0 aliphatic carbocycles. The maximum absolute atomic E-state index is 11.4. The Morgan fingerprint density at radius 3 is 2.88 bits per heavy atom. The Balaban J connectivity index is 1.96. The number of rotatable bonds is 3. The Labute approximate surface area is 140 Å². The lowest BCUT2D eigenvalue weighted by atomic mass is 10.1. The Morgan fingerprint density at radius 1 is 1.25 bits per heavy atom. The third-order valence-electron chi connectivity index (χ3n) is 4.70. The van der Waals surface area contributed by atoms with Gasteiger partial charge in [-0.2, -0.15) is 0 Å². The molecule has 0 radical (unpaired) electrons. The van der Waals surface area contributed by atoms with E-state index < -0.39 is 5.97 Å².